The van der Waals surface area contributed by atoms with Crippen LogP contribution in [0, 0.1) is 5.82 Å². The van der Waals surface area contributed by atoms with E-state index in [1.54, 1.807) is 35.0 Å². The van der Waals surface area contributed by atoms with Gasteiger partial charge in [0.15, 0.2) is 0 Å². The van der Waals surface area contributed by atoms with Gasteiger partial charge >= 0.3 is 5.97 Å². The number of nitrogens with one attached hydrogen (secondary N) is 2. The van der Waals surface area contributed by atoms with E-state index in [-0.39, 0.29) is 17.4 Å². The Kier molecular flexibility index (Phi) is 6.20. The van der Waals surface area contributed by atoms with Crippen LogP contribution in [0.4, 0.5) is 16.2 Å². The molecule has 3 heterocycles. The maximum absolute atomic E-state index is 13.8. The predicted molar refractivity (Wildman–Crippen MR) is 140 cm³/mol. The molecule has 8 nitrogen and oxygen atoms in total. The average molecular weight is 501 g/mol. The van der Waals surface area contributed by atoms with Crippen LogP contribution in [0.3, 0.4) is 0 Å². The summed E-state index contributed by atoms with van der Waals surface area (Å²) in [7, 11) is 0. The molecule has 0 atom stereocenters. The number of aromatic nitrogens is 4. The van der Waals surface area contributed by atoms with Crippen LogP contribution >= 0.6 is 0 Å². The summed E-state index contributed by atoms with van der Waals surface area (Å²) in [5, 5.41) is 21.8. The second kappa shape index (κ2) is 9.80. The SMILES string of the molecule is O=C(O)c1ccc2c(-c3ccnc(NC4CCCC4)n3)c(-c3ccc(F)cc3)nn2c1NC1CCCC1. The number of pyridine rings is 1. The molecule has 2 fully saturated rings. The van der Waals surface area contributed by atoms with Gasteiger partial charge in [0, 0.05) is 23.8 Å². The summed E-state index contributed by atoms with van der Waals surface area (Å²) in [6.07, 6.45) is 10.5. The number of rotatable bonds is 7. The van der Waals surface area contributed by atoms with Crippen LogP contribution in [0.15, 0.2) is 48.7 Å². The molecule has 0 radical (unpaired) electrons. The largest absolute Gasteiger partial charge is 0.478 e. The Balaban J connectivity index is 1.53. The van der Waals surface area contributed by atoms with E-state index in [9.17, 15) is 14.3 Å². The van der Waals surface area contributed by atoms with Crippen molar-refractivity contribution in [3.05, 3.63) is 60.0 Å². The summed E-state index contributed by atoms with van der Waals surface area (Å²) in [5.41, 5.74) is 3.60. The van der Waals surface area contributed by atoms with E-state index in [4.69, 9.17) is 10.1 Å². The molecule has 3 aromatic heterocycles. The topological polar surface area (TPSA) is 104 Å². The molecule has 37 heavy (non-hydrogen) atoms. The number of nitrogens with zero attached hydrogens (tertiary/aromatic N) is 4. The molecule has 0 bridgehead atoms. The van der Waals surface area contributed by atoms with E-state index in [2.05, 4.69) is 15.6 Å². The molecule has 2 aliphatic carbocycles. The zero-order valence-electron chi connectivity index (χ0n) is 20.5. The molecule has 0 unspecified atom stereocenters. The maximum atomic E-state index is 13.8. The molecular weight excluding hydrogens is 471 g/mol. The number of carbonyl (C=O) groups is 1. The first-order valence-electron chi connectivity index (χ1n) is 13.0. The van der Waals surface area contributed by atoms with Crippen LogP contribution in [0.25, 0.3) is 28.0 Å². The van der Waals surface area contributed by atoms with Gasteiger partial charge in [-0.1, -0.05) is 25.7 Å². The highest BCUT2D eigenvalue weighted by Crippen LogP contribution is 2.37. The Morgan fingerprint density at radius 2 is 1.59 bits per heavy atom. The highest BCUT2D eigenvalue weighted by Gasteiger charge is 2.25. The highest BCUT2D eigenvalue weighted by molar-refractivity contribution is 5.97. The minimum atomic E-state index is -1.02. The predicted octanol–water partition coefficient (Wildman–Crippen LogP) is 6.00. The average Bonchev–Trinajstić information content (AvgIpc) is 3.66. The molecule has 4 aromatic rings. The molecule has 0 amide bonds. The summed E-state index contributed by atoms with van der Waals surface area (Å²) in [6.45, 7) is 0. The Hall–Kier alpha value is -4.01. The second-order valence-electron chi connectivity index (χ2n) is 9.95. The molecule has 0 saturated heterocycles. The first-order chi connectivity index (χ1) is 18.1. The van der Waals surface area contributed by atoms with Gasteiger partial charge in [-0.3, -0.25) is 0 Å². The van der Waals surface area contributed by atoms with Gasteiger partial charge in [0.05, 0.1) is 16.8 Å². The summed E-state index contributed by atoms with van der Waals surface area (Å²) >= 11 is 0. The number of carboxylic acid groups (broad SMARTS) is 1. The first kappa shape index (κ1) is 23.4. The Morgan fingerprint density at radius 3 is 2.27 bits per heavy atom. The van der Waals surface area contributed by atoms with Gasteiger partial charge < -0.3 is 15.7 Å². The number of anilines is 2. The quantitative estimate of drug-likeness (QED) is 0.286. The standard InChI is InChI=1S/C28H29FN6O2/c29-18-11-9-17(10-12-18)25-24(22-15-16-30-28(33-22)32-20-7-3-4-8-20)23-14-13-21(27(36)37)26(35(23)34-25)31-19-5-1-2-6-19/h9-16,19-20,31H,1-8H2,(H,36,37)(H,30,32,33). The zero-order valence-corrected chi connectivity index (χ0v) is 20.5. The van der Waals surface area contributed by atoms with Crippen LogP contribution in [0.1, 0.15) is 61.7 Å². The van der Waals surface area contributed by atoms with E-state index in [1.807, 2.05) is 6.07 Å². The number of hydrogen-bond acceptors (Lipinski definition) is 6. The number of fused-ring (bicyclic) bond motifs is 1. The van der Waals surface area contributed by atoms with E-state index in [0.717, 1.165) is 49.6 Å². The molecule has 2 saturated carbocycles. The monoisotopic (exact) mass is 500 g/mol. The minimum absolute atomic E-state index is 0.158. The Morgan fingerprint density at radius 1 is 0.919 bits per heavy atom. The molecule has 0 spiro atoms. The van der Waals surface area contributed by atoms with E-state index in [0.29, 0.717) is 34.8 Å². The Labute approximate surface area is 214 Å². The fourth-order valence-electron chi connectivity index (χ4n) is 5.57. The summed E-state index contributed by atoms with van der Waals surface area (Å²) in [5.74, 6) is -0.353. The molecule has 9 heteroatoms. The van der Waals surface area contributed by atoms with Gasteiger partial charge in [0.2, 0.25) is 5.95 Å². The minimum Gasteiger partial charge on any atom is -0.478 e. The fraction of sp³-hybridized carbons (Fsp3) is 0.357. The van der Waals surface area contributed by atoms with Crippen LogP contribution in [-0.4, -0.2) is 42.7 Å². The first-order valence-corrected chi connectivity index (χ1v) is 13.0. The van der Waals surface area contributed by atoms with Crippen molar-refractivity contribution in [3.63, 3.8) is 0 Å². The van der Waals surface area contributed by atoms with Gasteiger partial charge in [-0.15, -0.1) is 0 Å². The number of hydrogen-bond donors (Lipinski definition) is 3. The van der Waals surface area contributed by atoms with Crippen molar-refractivity contribution in [2.75, 3.05) is 10.6 Å². The number of benzene rings is 1. The van der Waals surface area contributed by atoms with Gasteiger partial charge in [0.25, 0.3) is 0 Å². The molecule has 6 rings (SSSR count). The van der Waals surface area contributed by atoms with Gasteiger partial charge in [-0.2, -0.15) is 5.10 Å². The van der Waals surface area contributed by atoms with Crippen molar-refractivity contribution < 1.29 is 14.3 Å². The van der Waals surface area contributed by atoms with Crippen molar-refractivity contribution in [2.24, 2.45) is 0 Å². The molecule has 2 aliphatic rings. The smallest absolute Gasteiger partial charge is 0.339 e. The van der Waals surface area contributed by atoms with Crippen molar-refractivity contribution in [1.82, 2.24) is 19.6 Å². The van der Waals surface area contributed by atoms with Gasteiger partial charge in [-0.25, -0.2) is 23.7 Å². The Bertz CT molecular complexity index is 1440. The van der Waals surface area contributed by atoms with Gasteiger partial charge in [-0.05, 0) is 68.1 Å². The lowest BCUT2D eigenvalue weighted by Gasteiger charge is -2.17. The van der Waals surface area contributed by atoms with E-state index >= 15 is 0 Å². The lowest BCUT2D eigenvalue weighted by atomic mass is 10.0. The molecular formula is C28H29FN6O2. The van der Waals surface area contributed by atoms with Crippen LogP contribution < -0.4 is 10.6 Å². The third kappa shape index (κ3) is 4.61. The molecule has 0 aliphatic heterocycles. The second-order valence-corrected chi connectivity index (χ2v) is 9.95. The van der Waals surface area contributed by atoms with Crippen LogP contribution in [-0.2, 0) is 0 Å². The van der Waals surface area contributed by atoms with Gasteiger partial charge in [0.1, 0.15) is 22.9 Å². The van der Waals surface area contributed by atoms with Crippen molar-refractivity contribution in [1.29, 1.82) is 0 Å². The van der Waals surface area contributed by atoms with Crippen molar-refractivity contribution >= 4 is 23.3 Å². The van der Waals surface area contributed by atoms with E-state index < -0.39 is 5.97 Å². The summed E-state index contributed by atoms with van der Waals surface area (Å²) in [6, 6.07) is 11.9. The molecule has 3 N–H and O–H groups in total. The third-order valence-electron chi connectivity index (χ3n) is 7.44. The van der Waals surface area contributed by atoms with Crippen LogP contribution in [0.2, 0.25) is 0 Å². The molecule has 190 valence electrons. The van der Waals surface area contributed by atoms with Crippen molar-refractivity contribution in [3.8, 4) is 22.5 Å². The highest BCUT2D eigenvalue weighted by atomic mass is 19.1. The summed E-state index contributed by atoms with van der Waals surface area (Å²) in [4.78, 5) is 21.4. The third-order valence-corrected chi connectivity index (χ3v) is 7.44. The van der Waals surface area contributed by atoms with E-state index in [1.165, 1.54) is 25.0 Å². The number of aromatic carboxylic acids is 1. The van der Waals surface area contributed by atoms with Crippen molar-refractivity contribution in [2.45, 2.75) is 63.5 Å². The lowest BCUT2D eigenvalue weighted by Crippen LogP contribution is -2.20. The summed E-state index contributed by atoms with van der Waals surface area (Å²) < 4.78 is 15.4. The maximum Gasteiger partial charge on any atom is 0.339 e. The number of halogens is 1. The lowest BCUT2D eigenvalue weighted by molar-refractivity contribution is 0.0697. The molecule has 1 aromatic carbocycles. The normalized spacial score (nSPS) is 16.5. The van der Waals surface area contributed by atoms with Crippen LogP contribution in [0.5, 0.6) is 0 Å². The number of carboxylic acids is 1. The fourth-order valence-corrected chi connectivity index (χ4v) is 5.57. The zero-order chi connectivity index (χ0) is 25.4.